The quantitative estimate of drug-likeness (QED) is 0.623. The summed E-state index contributed by atoms with van der Waals surface area (Å²) in [6.07, 6.45) is 0. The van der Waals surface area contributed by atoms with Gasteiger partial charge in [0.05, 0.1) is 17.6 Å². The van der Waals surface area contributed by atoms with Gasteiger partial charge in [-0.15, -0.1) is 0 Å². The normalized spacial score (nSPS) is 10.5. The summed E-state index contributed by atoms with van der Waals surface area (Å²) in [5, 5.41) is 2.79. The van der Waals surface area contributed by atoms with Crippen LogP contribution in [-0.2, 0) is 4.79 Å². The van der Waals surface area contributed by atoms with E-state index < -0.39 is 5.91 Å². The molecule has 0 atom stereocenters. The van der Waals surface area contributed by atoms with E-state index >= 15 is 0 Å². The number of nitrogens with zero attached hydrogens (tertiary/aromatic N) is 1. The van der Waals surface area contributed by atoms with Crippen molar-refractivity contribution in [3.8, 4) is 0 Å². The summed E-state index contributed by atoms with van der Waals surface area (Å²) in [6, 6.07) is 14.3. The molecule has 1 aromatic heterocycles. The third-order valence-corrected chi connectivity index (χ3v) is 3.21. The predicted octanol–water partition coefficient (Wildman–Crippen LogP) is 1.69. The number of aromatic nitrogens is 2. The molecule has 0 saturated carbocycles. The number of hydrogen-bond donors (Lipinski definition) is 3. The van der Waals surface area contributed by atoms with Crippen LogP contribution < -0.4 is 11.1 Å². The number of primary amides is 1. The summed E-state index contributed by atoms with van der Waals surface area (Å²) in [5.74, 6) is -0.0812. The molecule has 22 heavy (non-hydrogen) atoms. The van der Waals surface area contributed by atoms with Crippen LogP contribution in [0.5, 0.6) is 0 Å². The van der Waals surface area contributed by atoms with Gasteiger partial charge in [-0.3, -0.25) is 9.59 Å². The number of amides is 1. The number of carbonyl (C=O) groups excluding carboxylic acids is 2. The number of nitrogens with two attached hydrogens (primary N) is 1. The summed E-state index contributed by atoms with van der Waals surface area (Å²) < 4.78 is 0. The van der Waals surface area contributed by atoms with E-state index in [-0.39, 0.29) is 12.3 Å². The second-order valence-electron chi connectivity index (χ2n) is 4.83. The zero-order chi connectivity index (χ0) is 15.5. The van der Waals surface area contributed by atoms with Crippen molar-refractivity contribution in [2.45, 2.75) is 0 Å². The lowest BCUT2D eigenvalue weighted by molar-refractivity contribution is -0.116. The Balaban J connectivity index is 1.89. The first-order chi connectivity index (χ1) is 10.6. The van der Waals surface area contributed by atoms with E-state index in [1.165, 1.54) is 0 Å². The molecule has 1 heterocycles. The Hall–Kier alpha value is -3.15. The van der Waals surface area contributed by atoms with Gasteiger partial charge in [0.25, 0.3) is 0 Å². The minimum Gasteiger partial charge on any atom is -0.368 e. The summed E-state index contributed by atoms with van der Waals surface area (Å²) in [5.41, 5.74) is 7.70. The number of hydrogen-bond acceptors (Lipinski definition) is 4. The van der Waals surface area contributed by atoms with Gasteiger partial charge in [0.1, 0.15) is 0 Å². The zero-order valence-electron chi connectivity index (χ0n) is 11.7. The van der Waals surface area contributed by atoms with Crippen LogP contribution in [0.3, 0.4) is 0 Å². The molecule has 0 unspecified atom stereocenters. The van der Waals surface area contributed by atoms with Gasteiger partial charge in [-0.05, 0) is 18.2 Å². The van der Waals surface area contributed by atoms with Crippen molar-refractivity contribution in [2.75, 3.05) is 11.9 Å². The molecule has 0 aliphatic carbocycles. The topological polar surface area (TPSA) is 101 Å². The van der Waals surface area contributed by atoms with E-state index in [1.54, 1.807) is 30.3 Å². The average Bonchev–Trinajstić information content (AvgIpc) is 2.95. The molecule has 0 radical (unpaired) electrons. The Morgan fingerprint density at radius 2 is 1.86 bits per heavy atom. The number of ketones is 1. The molecular formula is C16H14N4O2. The van der Waals surface area contributed by atoms with E-state index in [4.69, 9.17) is 5.73 Å². The van der Waals surface area contributed by atoms with Crippen LogP contribution in [0.1, 0.15) is 15.9 Å². The Morgan fingerprint density at radius 1 is 1.09 bits per heavy atom. The van der Waals surface area contributed by atoms with E-state index in [1.807, 2.05) is 18.2 Å². The van der Waals surface area contributed by atoms with Crippen LogP contribution in [-0.4, -0.2) is 28.2 Å². The third kappa shape index (κ3) is 2.80. The van der Waals surface area contributed by atoms with Crippen molar-refractivity contribution in [1.29, 1.82) is 0 Å². The van der Waals surface area contributed by atoms with Crippen LogP contribution >= 0.6 is 0 Å². The maximum Gasteiger partial charge on any atom is 0.236 e. The number of carbonyl (C=O) groups is 2. The first-order valence-corrected chi connectivity index (χ1v) is 6.75. The van der Waals surface area contributed by atoms with Crippen molar-refractivity contribution in [3.05, 3.63) is 59.7 Å². The van der Waals surface area contributed by atoms with E-state index in [2.05, 4.69) is 15.3 Å². The van der Waals surface area contributed by atoms with Gasteiger partial charge >= 0.3 is 0 Å². The summed E-state index contributed by atoms with van der Waals surface area (Å²) in [7, 11) is 0. The number of rotatable bonds is 5. The molecule has 0 aliphatic rings. The van der Waals surface area contributed by atoms with E-state index in [0.29, 0.717) is 28.1 Å². The van der Waals surface area contributed by atoms with E-state index in [0.717, 1.165) is 0 Å². The maximum absolute atomic E-state index is 12.4. The second-order valence-corrected chi connectivity index (χ2v) is 4.83. The van der Waals surface area contributed by atoms with Crippen LogP contribution in [0.15, 0.2) is 48.5 Å². The first kappa shape index (κ1) is 13.8. The number of imidazole rings is 1. The molecule has 0 fully saturated rings. The van der Waals surface area contributed by atoms with Crippen LogP contribution in [0.25, 0.3) is 11.0 Å². The number of H-pyrrole nitrogens is 1. The molecule has 0 saturated heterocycles. The largest absolute Gasteiger partial charge is 0.368 e. The standard InChI is InChI=1S/C16H14N4O2/c17-14(21)9-18-16-19-12-7-6-11(8-13(12)20-16)15(22)10-4-2-1-3-5-10/h1-8H,9H2,(H2,17,21)(H2,18,19,20). The fourth-order valence-electron chi connectivity index (χ4n) is 2.16. The summed E-state index contributed by atoms with van der Waals surface area (Å²) in [6.45, 7) is -0.00434. The summed E-state index contributed by atoms with van der Waals surface area (Å²) in [4.78, 5) is 30.4. The molecule has 0 spiro atoms. The number of aromatic amines is 1. The first-order valence-electron chi connectivity index (χ1n) is 6.75. The minimum absolute atomic E-state index is 0.00434. The lowest BCUT2D eigenvalue weighted by Crippen LogP contribution is -2.22. The fourth-order valence-corrected chi connectivity index (χ4v) is 2.16. The fraction of sp³-hybridized carbons (Fsp3) is 0.0625. The molecular weight excluding hydrogens is 280 g/mol. The molecule has 0 bridgehead atoms. The van der Waals surface area contributed by atoms with Gasteiger partial charge in [-0.25, -0.2) is 4.98 Å². The number of anilines is 1. The highest BCUT2D eigenvalue weighted by molar-refractivity contribution is 6.10. The third-order valence-electron chi connectivity index (χ3n) is 3.21. The molecule has 6 nitrogen and oxygen atoms in total. The summed E-state index contributed by atoms with van der Waals surface area (Å²) >= 11 is 0. The van der Waals surface area contributed by atoms with Gasteiger partial charge < -0.3 is 16.0 Å². The van der Waals surface area contributed by atoms with Crippen molar-refractivity contribution in [1.82, 2.24) is 9.97 Å². The molecule has 3 aromatic rings. The van der Waals surface area contributed by atoms with Gasteiger partial charge in [0, 0.05) is 11.1 Å². The highest BCUT2D eigenvalue weighted by Crippen LogP contribution is 2.18. The van der Waals surface area contributed by atoms with Gasteiger partial charge in [0.15, 0.2) is 5.78 Å². The van der Waals surface area contributed by atoms with Crippen molar-refractivity contribution >= 4 is 28.7 Å². The lowest BCUT2D eigenvalue weighted by Gasteiger charge is -2.00. The monoisotopic (exact) mass is 294 g/mol. The molecule has 110 valence electrons. The van der Waals surface area contributed by atoms with Crippen molar-refractivity contribution < 1.29 is 9.59 Å². The van der Waals surface area contributed by atoms with Gasteiger partial charge in [-0.2, -0.15) is 0 Å². The molecule has 4 N–H and O–H groups in total. The Morgan fingerprint density at radius 3 is 2.59 bits per heavy atom. The van der Waals surface area contributed by atoms with Crippen molar-refractivity contribution in [2.24, 2.45) is 5.73 Å². The molecule has 0 aliphatic heterocycles. The molecule has 1 amide bonds. The number of benzene rings is 2. The van der Waals surface area contributed by atoms with Crippen LogP contribution in [0.4, 0.5) is 5.95 Å². The number of fused-ring (bicyclic) bond motifs is 1. The Kier molecular flexibility index (Phi) is 3.57. The predicted molar refractivity (Wildman–Crippen MR) is 83.7 cm³/mol. The van der Waals surface area contributed by atoms with Gasteiger partial charge in [0.2, 0.25) is 11.9 Å². The maximum atomic E-state index is 12.4. The molecule has 3 rings (SSSR count). The van der Waals surface area contributed by atoms with Crippen molar-refractivity contribution in [3.63, 3.8) is 0 Å². The van der Waals surface area contributed by atoms with Crippen LogP contribution in [0, 0.1) is 0 Å². The molecule has 6 heteroatoms. The SMILES string of the molecule is NC(=O)CNc1nc2ccc(C(=O)c3ccccc3)cc2[nH]1. The lowest BCUT2D eigenvalue weighted by atomic mass is 10.0. The molecule has 2 aromatic carbocycles. The zero-order valence-corrected chi connectivity index (χ0v) is 11.7. The highest BCUT2D eigenvalue weighted by atomic mass is 16.1. The minimum atomic E-state index is -0.472. The Bertz CT molecular complexity index is 840. The average molecular weight is 294 g/mol. The second kappa shape index (κ2) is 5.69. The smallest absolute Gasteiger partial charge is 0.236 e. The van der Waals surface area contributed by atoms with Gasteiger partial charge in [-0.1, -0.05) is 30.3 Å². The van der Waals surface area contributed by atoms with Crippen LogP contribution in [0.2, 0.25) is 0 Å². The Labute approximate surface area is 126 Å². The number of nitrogens with one attached hydrogen (secondary N) is 2. The highest BCUT2D eigenvalue weighted by Gasteiger charge is 2.11. The van der Waals surface area contributed by atoms with E-state index in [9.17, 15) is 9.59 Å².